The van der Waals surface area contributed by atoms with Crippen molar-refractivity contribution in [2.45, 2.75) is 24.5 Å². The maximum Gasteiger partial charge on any atom is 0.268 e. The Bertz CT molecular complexity index is 664. The lowest BCUT2D eigenvalue weighted by Crippen LogP contribution is -2.34. The van der Waals surface area contributed by atoms with Gasteiger partial charge in [-0.25, -0.2) is 12.7 Å². The van der Waals surface area contributed by atoms with Crippen LogP contribution < -0.4 is 0 Å². The highest BCUT2D eigenvalue weighted by molar-refractivity contribution is 7.90. The lowest BCUT2D eigenvalue weighted by molar-refractivity contribution is 0.0313. The number of oxime groups is 1. The molecule has 0 N–H and O–H groups in total. The normalized spacial score (nSPS) is 24.7. The van der Waals surface area contributed by atoms with Crippen molar-refractivity contribution in [3.05, 3.63) is 36.4 Å². The van der Waals surface area contributed by atoms with E-state index < -0.39 is 16.3 Å². The van der Waals surface area contributed by atoms with Gasteiger partial charge < -0.3 is 4.84 Å². The lowest BCUT2D eigenvalue weighted by Gasteiger charge is -2.23. The summed E-state index contributed by atoms with van der Waals surface area (Å²) >= 11 is 0. The first-order valence-electron chi connectivity index (χ1n) is 5.54. The van der Waals surface area contributed by atoms with Crippen molar-refractivity contribution in [1.82, 2.24) is 4.31 Å². The third-order valence-electron chi connectivity index (χ3n) is 3.06. The summed E-state index contributed by atoms with van der Waals surface area (Å²) in [4.78, 5) is 5.44. The Labute approximate surface area is 105 Å². The van der Waals surface area contributed by atoms with Gasteiger partial charge in [0.05, 0.1) is 16.3 Å². The van der Waals surface area contributed by atoms with Crippen LogP contribution in [0, 0.1) is 0 Å². The van der Waals surface area contributed by atoms with Gasteiger partial charge in [0, 0.05) is 12.0 Å². The molecule has 2 heterocycles. The van der Waals surface area contributed by atoms with E-state index in [-0.39, 0.29) is 4.90 Å². The Kier molecular flexibility index (Phi) is 2.25. The summed E-state index contributed by atoms with van der Waals surface area (Å²) in [5, 5.41) is 3.79. The quantitative estimate of drug-likeness (QED) is 0.777. The minimum atomic E-state index is -3.57. The van der Waals surface area contributed by atoms with E-state index in [1.807, 2.05) is 0 Å². The van der Waals surface area contributed by atoms with Crippen LogP contribution in [0.5, 0.6) is 0 Å². The topological polar surface area (TPSA) is 59.0 Å². The van der Waals surface area contributed by atoms with Crippen LogP contribution in [0.1, 0.15) is 18.9 Å². The lowest BCUT2D eigenvalue weighted by atomic mass is 10.1. The highest BCUT2D eigenvalue weighted by Crippen LogP contribution is 2.40. The molecule has 0 saturated carbocycles. The van der Waals surface area contributed by atoms with Gasteiger partial charge in [-0.1, -0.05) is 29.9 Å². The molecular formula is C12H12N2O3S. The summed E-state index contributed by atoms with van der Waals surface area (Å²) in [6, 6.07) is 6.82. The van der Waals surface area contributed by atoms with Gasteiger partial charge in [-0.15, -0.1) is 0 Å². The molecule has 0 bridgehead atoms. The van der Waals surface area contributed by atoms with E-state index in [1.165, 1.54) is 4.31 Å². The van der Waals surface area contributed by atoms with E-state index in [1.54, 1.807) is 31.2 Å². The average Bonchev–Trinajstić information content (AvgIpc) is 2.82. The zero-order chi connectivity index (χ0) is 12.9. The number of rotatable bonds is 1. The summed E-state index contributed by atoms with van der Waals surface area (Å²) in [6.07, 6.45) is -0.151. The Morgan fingerprint density at radius 2 is 2.17 bits per heavy atom. The maximum atomic E-state index is 12.4. The van der Waals surface area contributed by atoms with Gasteiger partial charge in [-0.3, -0.25) is 0 Å². The van der Waals surface area contributed by atoms with Gasteiger partial charge in [-0.05, 0) is 13.0 Å². The molecule has 94 valence electrons. The number of hydrogen-bond acceptors (Lipinski definition) is 4. The Balaban J connectivity index is 2.08. The highest BCUT2D eigenvalue weighted by Gasteiger charge is 2.43. The van der Waals surface area contributed by atoms with E-state index in [4.69, 9.17) is 4.84 Å². The summed E-state index contributed by atoms with van der Waals surface area (Å²) in [6.45, 7) is 5.66. The fraction of sp³-hybridized carbons (Fsp3) is 0.250. The molecule has 0 radical (unpaired) electrons. The predicted octanol–water partition coefficient (Wildman–Crippen LogP) is 1.78. The van der Waals surface area contributed by atoms with Crippen molar-refractivity contribution >= 4 is 21.4 Å². The molecule has 6 heteroatoms. The summed E-state index contributed by atoms with van der Waals surface area (Å²) in [5.41, 5.74) is 1.85. The van der Waals surface area contributed by atoms with Gasteiger partial charge >= 0.3 is 0 Å². The molecule has 0 fully saturated rings. The minimum absolute atomic E-state index is 0.281. The molecule has 0 spiro atoms. The summed E-state index contributed by atoms with van der Waals surface area (Å²) in [5.74, 6) is 0. The first kappa shape index (κ1) is 11.3. The van der Waals surface area contributed by atoms with Gasteiger partial charge in [0.15, 0.2) is 0 Å². The fourth-order valence-electron chi connectivity index (χ4n) is 2.23. The first-order chi connectivity index (χ1) is 8.51. The third kappa shape index (κ3) is 1.38. The molecular weight excluding hydrogens is 252 g/mol. The standard InChI is InChI=1S/C12H12N2O3S/c1-8-7-12(17-13-8)14-9(2)10-5-3-4-6-11(10)18(14,15)16/h3-6,12H,2,7H2,1H3. The number of sulfonamides is 1. The van der Waals surface area contributed by atoms with Crippen molar-refractivity contribution in [3.8, 4) is 0 Å². The van der Waals surface area contributed by atoms with Crippen molar-refractivity contribution in [1.29, 1.82) is 0 Å². The van der Waals surface area contributed by atoms with Crippen LogP contribution in [0.2, 0.25) is 0 Å². The van der Waals surface area contributed by atoms with Crippen LogP contribution in [0.15, 0.2) is 40.9 Å². The van der Waals surface area contributed by atoms with Gasteiger partial charge in [-0.2, -0.15) is 0 Å². The van der Waals surface area contributed by atoms with Gasteiger partial charge in [0.1, 0.15) is 0 Å². The molecule has 3 rings (SSSR count). The molecule has 1 aromatic rings. The second-order valence-electron chi connectivity index (χ2n) is 4.33. The average molecular weight is 264 g/mol. The fourth-order valence-corrected chi connectivity index (χ4v) is 3.97. The number of fused-ring (bicyclic) bond motifs is 1. The zero-order valence-corrected chi connectivity index (χ0v) is 10.6. The molecule has 5 nitrogen and oxygen atoms in total. The first-order valence-corrected chi connectivity index (χ1v) is 6.98. The van der Waals surface area contributed by atoms with E-state index in [0.717, 1.165) is 5.71 Å². The molecule has 18 heavy (non-hydrogen) atoms. The van der Waals surface area contributed by atoms with Crippen molar-refractivity contribution < 1.29 is 13.3 Å². The molecule has 0 saturated heterocycles. The van der Waals surface area contributed by atoms with Crippen LogP contribution in [-0.2, 0) is 14.9 Å². The van der Waals surface area contributed by atoms with Crippen molar-refractivity contribution in [2.24, 2.45) is 5.16 Å². The van der Waals surface area contributed by atoms with Crippen LogP contribution in [0.25, 0.3) is 5.70 Å². The summed E-state index contributed by atoms with van der Waals surface area (Å²) < 4.78 is 26.1. The monoisotopic (exact) mass is 264 g/mol. The molecule has 0 amide bonds. The molecule has 2 aliphatic rings. The maximum absolute atomic E-state index is 12.4. The smallest absolute Gasteiger partial charge is 0.268 e. The predicted molar refractivity (Wildman–Crippen MR) is 67.1 cm³/mol. The van der Waals surface area contributed by atoms with Gasteiger partial charge in [0.2, 0.25) is 6.23 Å². The third-order valence-corrected chi connectivity index (χ3v) is 4.95. The van der Waals surface area contributed by atoms with Crippen molar-refractivity contribution in [2.75, 3.05) is 0 Å². The van der Waals surface area contributed by atoms with E-state index >= 15 is 0 Å². The number of benzene rings is 1. The van der Waals surface area contributed by atoms with Crippen molar-refractivity contribution in [3.63, 3.8) is 0 Å². The highest BCUT2D eigenvalue weighted by atomic mass is 32.2. The SMILES string of the molecule is C=C1c2ccccc2S(=O)(=O)N1C1CC(C)=NO1. The summed E-state index contributed by atoms with van der Waals surface area (Å²) in [7, 11) is -3.57. The zero-order valence-electron chi connectivity index (χ0n) is 9.83. The molecule has 1 aromatic carbocycles. The van der Waals surface area contributed by atoms with Gasteiger partial charge in [0.25, 0.3) is 10.0 Å². The Morgan fingerprint density at radius 1 is 1.44 bits per heavy atom. The van der Waals surface area contributed by atoms with E-state index in [2.05, 4.69) is 11.7 Å². The minimum Gasteiger partial charge on any atom is -0.369 e. The van der Waals surface area contributed by atoms with Crippen LogP contribution in [0.3, 0.4) is 0 Å². The van der Waals surface area contributed by atoms with E-state index in [0.29, 0.717) is 17.7 Å². The molecule has 0 aliphatic carbocycles. The van der Waals surface area contributed by atoms with Crippen LogP contribution >= 0.6 is 0 Å². The Morgan fingerprint density at radius 3 is 2.78 bits per heavy atom. The number of hydrogen-bond donors (Lipinski definition) is 0. The molecule has 1 unspecified atom stereocenters. The molecule has 1 atom stereocenters. The van der Waals surface area contributed by atoms with E-state index in [9.17, 15) is 8.42 Å². The van der Waals surface area contributed by atoms with Crippen LogP contribution in [0.4, 0.5) is 0 Å². The second kappa shape index (κ2) is 3.58. The second-order valence-corrected chi connectivity index (χ2v) is 6.12. The number of nitrogens with zero attached hydrogens (tertiary/aromatic N) is 2. The van der Waals surface area contributed by atoms with Crippen LogP contribution in [-0.4, -0.2) is 24.7 Å². The molecule has 2 aliphatic heterocycles. The molecule has 0 aromatic heterocycles. The Hall–Kier alpha value is -1.82. The largest absolute Gasteiger partial charge is 0.369 e.